The zero-order chi connectivity index (χ0) is 14.9. The molecule has 4 nitrogen and oxygen atoms in total. The molecule has 0 aromatic heterocycles. The van der Waals surface area contributed by atoms with Gasteiger partial charge in [-0.3, -0.25) is 0 Å². The Bertz CT molecular complexity index is 614. The molecule has 0 amide bonds. The lowest BCUT2D eigenvalue weighted by Gasteiger charge is -2.36. The molecule has 2 aliphatic rings. The summed E-state index contributed by atoms with van der Waals surface area (Å²) in [5, 5.41) is 14.3. The Hall–Kier alpha value is -0.910. The summed E-state index contributed by atoms with van der Waals surface area (Å²) >= 11 is 0. The molecule has 2 N–H and O–H groups in total. The van der Waals surface area contributed by atoms with Crippen LogP contribution in [0.25, 0.3) is 0 Å². The summed E-state index contributed by atoms with van der Waals surface area (Å²) in [6.07, 6.45) is 4.30. The molecule has 116 valence electrons. The van der Waals surface area contributed by atoms with Crippen molar-refractivity contribution < 1.29 is 13.5 Å². The van der Waals surface area contributed by atoms with Crippen LogP contribution in [0.1, 0.15) is 36.8 Å². The zero-order valence-electron chi connectivity index (χ0n) is 12.2. The topological polar surface area (TPSA) is 66.4 Å². The molecular formula is C16H23NO3S. The van der Waals surface area contributed by atoms with Crippen molar-refractivity contribution in [3.8, 4) is 0 Å². The zero-order valence-corrected chi connectivity index (χ0v) is 13.0. The van der Waals surface area contributed by atoms with Gasteiger partial charge in [-0.2, -0.15) is 0 Å². The van der Waals surface area contributed by atoms with Gasteiger partial charge < -0.3 is 10.4 Å². The van der Waals surface area contributed by atoms with Crippen molar-refractivity contribution in [1.29, 1.82) is 0 Å². The molecule has 2 unspecified atom stereocenters. The van der Waals surface area contributed by atoms with Gasteiger partial charge >= 0.3 is 0 Å². The first-order chi connectivity index (χ1) is 9.99. The molecule has 1 fully saturated rings. The number of hydrogen-bond donors (Lipinski definition) is 2. The number of rotatable bonds is 3. The van der Waals surface area contributed by atoms with Crippen LogP contribution in [-0.2, 0) is 21.9 Å². The van der Waals surface area contributed by atoms with E-state index in [0.717, 1.165) is 37.7 Å². The van der Waals surface area contributed by atoms with Gasteiger partial charge in [-0.1, -0.05) is 24.3 Å². The molecule has 21 heavy (non-hydrogen) atoms. The third-order valence-corrected chi connectivity index (χ3v) is 6.52. The highest BCUT2D eigenvalue weighted by molar-refractivity contribution is 7.91. The molecule has 1 heterocycles. The Labute approximate surface area is 126 Å². The normalized spacial score (nSPS) is 31.6. The minimum atomic E-state index is -2.91. The van der Waals surface area contributed by atoms with Crippen LogP contribution in [0, 0.1) is 0 Å². The van der Waals surface area contributed by atoms with E-state index in [0.29, 0.717) is 12.3 Å². The number of fused-ring (bicyclic) bond motifs is 1. The summed E-state index contributed by atoms with van der Waals surface area (Å²) in [5.41, 5.74) is 1.35. The van der Waals surface area contributed by atoms with E-state index >= 15 is 0 Å². The first-order valence-corrected chi connectivity index (χ1v) is 9.55. The van der Waals surface area contributed by atoms with Gasteiger partial charge in [0.25, 0.3) is 0 Å². The summed E-state index contributed by atoms with van der Waals surface area (Å²) in [6, 6.07) is 8.01. The van der Waals surface area contributed by atoms with Crippen LogP contribution >= 0.6 is 0 Å². The lowest BCUT2D eigenvalue weighted by Crippen LogP contribution is -2.48. The van der Waals surface area contributed by atoms with Crippen molar-refractivity contribution in [3.05, 3.63) is 35.4 Å². The molecule has 0 radical (unpaired) electrons. The van der Waals surface area contributed by atoms with Crippen LogP contribution in [0.15, 0.2) is 24.3 Å². The second-order valence-corrected chi connectivity index (χ2v) is 8.61. The Morgan fingerprint density at radius 2 is 2.10 bits per heavy atom. The molecule has 5 heteroatoms. The van der Waals surface area contributed by atoms with Crippen molar-refractivity contribution in [2.24, 2.45) is 0 Å². The van der Waals surface area contributed by atoms with E-state index in [2.05, 4.69) is 11.4 Å². The van der Waals surface area contributed by atoms with Crippen LogP contribution in [0.5, 0.6) is 0 Å². The van der Waals surface area contributed by atoms with Gasteiger partial charge in [-0.05, 0) is 43.2 Å². The fourth-order valence-corrected chi connectivity index (χ4v) is 5.25. The maximum atomic E-state index is 11.7. The Balaban J connectivity index is 1.70. The summed E-state index contributed by atoms with van der Waals surface area (Å²) in [6.45, 7) is 0.435. The van der Waals surface area contributed by atoms with Crippen molar-refractivity contribution in [1.82, 2.24) is 5.32 Å². The second-order valence-electron chi connectivity index (χ2n) is 6.38. The van der Waals surface area contributed by atoms with Gasteiger partial charge in [0.2, 0.25) is 0 Å². The fraction of sp³-hybridized carbons (Fsp3) is 0.625. The quantitative estimate of drug-likeness (QED) is 0.885. The standard InChI is InChI=1S/C16H23NO3S/c18-16(9-3-6-13-5-1-2-8-15(13)16)12-17-14-7-4-10-21(19,20)11-14/h1-2,5,8,14,17-18H,3-4,6-7,9-12H2. The Morgan fingerprint density at radius 1 is 1.29 bits per heavy atom. The molecule has 3 rings (SSSR count). The second kappa shape index (κ2) is 5.71. The van der Waals surface area contributed by atoms with Gasteiger partial charge in [-0.25, -0.2) is 8.42 Å². The number of sulfone groups is 1. The van der Waals surface area contributed by atoms with E-state index in [1.54, 1.807) is 0 Å². The molecule has 1 saturated heterocycles. The van der Waals surface area contributed by atoms with Crippen molar-refractivity contribution in [3.63, 3.8) is 0 Å². The molecule has 0 saturated carbocycles. The van der Waals surface area contributed by atoms with Crippen molar-refractivity contribution >= 4 is 9.84 Å². The van der Waals surface area contributed by atoms with Gasteiger partial charge in [0.15, 0.2) is 9.84 Å². The third kappa shape index (κ3) is 3.30. The minimum Gasteiger partial charge on any atom is -0.384 e. The SMILES string of the molecule is O=S1(=O)CCCC(NCC2(O)CCCc3ccccc32)C1. The van der Waals surface area contributed by atoms with E-state index in [1.165, 1.54) is 5.56 Å². The lowest BCUT2D eigenvalue weighted by molar-refractivity contribution is 0.0168. The Morgan fingerprint density at radius 3 is 2.90 bits per heavy atom. The lowest BCUT2D eigenvalue weighted by atomic mass is 9.79. The molecule has 0 spiro atoms. The van der Waals surface area contributed by atoms with Crippen LogP contribution in [0.3, 0.4) is 0 Å². The highest BCUT2D eigenvalue weighted by Crippen LogP contribution is 2.34. The summed E-state index contributed by atoms with van der Waals surface area (Å²) in [7, 11) is -2.91. The Kier molecular flexibility index (Phi) is 4.08. The molecule has 1 aromatic carbocycles. The van der Waals surface area contributed by atoms with E-state index in [1.807, 2.05) is 18.2 Å². The molecule has 2 atom stereocenters. The summed E-state index contributed by atoms with van der Waals surface area (Å²) < 4.78 is 23.4. The molecule has 1 aliphatic carbocycles. The molecule has 1 aromatic rings. The number of nitrogens with one attached hydrogen (secondary N) is 1. The first kappa shape index (κ1) is 15.0. The number of aliphatic hydroxyl groups is 1. The highest BCUT2D eigenvalue weighted by Gasteiger charge is 2.35. The van der Waals surface area contributed by atoms with Gasteiger partial charge in [0, 0.05) is 12.6 Å². The molecule has 1 aliphatic heterocycles. The molecule has 0 bridgehead atoms. The highest BCUT2D eigenvalue weighted by atomic mass is 32.2. The van der Waals surface area contributed by atoms with Crippen LogP contribution in [0.2, 0.25) is 0 Å². The molecular weight excluding hydrogens is 286 g/mol. The monoisotopic (exact) mass is 309 g/mol. The predicted molar refractivity (Wildman–Crippen MR) is 83.0 cm³/mol. The van der Waals surface area contributed by atoms with E-state index < -0.39 is 15.4 Å². The van der Waals surface area contributed by atoms with Crippen molar-refractivity contribution in [2.75, 3.05) is 18.1 Å². The predicted octanol–water partition coefficient (Wildman–Crippen LogP) is 1.38. The van der Waals surface area contributed by atoms with Crippen LogP contribution < -0.4 is 5.32 Å². The van der Waals surface area contributed by atoms with Crippen molar-refractivity contribution in [2.45, 2.75) is 43.7 Å². The van der Waals surface area contributed by atoms with E-state index in [4.69, 9.17) is 0 Å². The van der Waals surface area contributed by atoms with E-state index in [9.17, 15) is 13.5 Å². The fourth-order valence-electron chi connectivity index (χ4n) is 3.58. The smallest absolute Gasteiger partial charge is 0.151 e. The number of aryl methyl sites for hydroxylation is 1. The van der Waals surface area contributed by atoms with Crippen LogP contribution in [-0.4, -0.2) is 37.6 Å². The van der Waals surface area contributed by atoms with Gasteiger partial charge in [0.1, 0.15) is 5.60 Å². The third-order valence-electron chi connectivity index (χ3n) is 4.70. The maximum absolute atomic E-state index is 11.7. The van der Waals surface area contributed by atoms with Gasteiger partial charge in [0.05, 0.1) is 11.5 Å². The largest absolute Gasteiger partial charge is 0.384 e. The average molecular weight is 309 g/mol. The van der Waals surface area contributed by atoms with Gasteiger partial charge in [-0.15, -0.1) is 0 Å². The maximum Gasteiger partial charge on any atom is 0.151 e. The number of benzene rings is 1. The van der Waals surface area contributed by atoms with Crippen LogP contribution in [0.4, 0.5) is 0 Å². The summed E-state index contributed by atoms with van der Waals surface area (Å²) in [4.78, 5) is 0. The van der Waals surface area contributed by atoms with E-state index in [-0.39, 0.29) is 11.8 Å². The summed E-state index contributed by atoms with van der Waals surface area (Å²) in [5.74, 6) is 0.503. The number of hydrogen-bond acceptors (Lipinski definition) is 4. The minimum absolute atomic E-state index is 0.0261. The first-order valence-electron chi connectivity index (χ1n) is 7.73. The average Bonchev–Trinajstić information content (AvgIpc) is 2.45.